The normalized spacial score (nSPS) is 21.8. The molecule has 0 N–H and O–H groups in total. The average Bonchev–Trinajstić information content (AvgIpc) is 1.70. The molecule has 5 aromatic rings. The van der Waals surface area contributed by atoms with Crippen molar-refractivity contribution in [1.82, 2.24) is 24.5 Å². The molecule has 0 unspecified atom stereocenters. The Bertz CT molecular complexity index is 5110. The fourth-order valence-corrected chi connectivity index (χ4v) is 31.6. The van der Waals surface area contributed by atoms with Crippen molar-refractivity contribution in [2.75, 3.05) is 0 Å². The fraction of sp³-hybridized carbons (Fsp3) is 0.496. The van der Waals surface area contributed by atoms with Gasteiger partial charge < -0.3 is 24.5 Å². The smallest absolute Gasteiger partial charge is 0.0257 e. The number of nitrogens with zero attached hydrogens (tertiary/aromatic N) is 5. The second-order valence-electron chi connectivity index (χ2n) is 40.0. The summed E-state index contributed by atoms with van der Waals surface area (Å²) in [7, 11) is 58.2. The molecule has 0 bridgehead atoms. The summed E-state index contributed by atoms with van der Waals surface area (Å²) in [5.74, 6) is 21.0. The molecule has 0 spiro atoms. The van der Waals surface area contributed by atoms with Crippen molar-refractivity contribution >= 4 is 179 Å². The molecule has 5 aromatic carbocycles. The summed E-state index contributed by atoms with van der Waals surface area (Å²) in [4.78, 5) is 19.6. The molecule has 844 valence electrons. The number of hydrogen-bond donors (Lipinski definition) is 0. The Labute approximate surface area is 989 Å². The van der Waals surface area contributed by atoms with E-state index in [1.165, 1.54) is 136 Å². The summed E-state index contributed by atoms with van der Waals surface area (Å²) in [5.41, 5.74) is 17.0. The zero-order chi connectivity index (χ0) is 111. The number of rotatable bonds is 24. The number of thioether (sulfide) groups is 5. The zero-order valence-corrected chi connectivity index (χ0v) is 113. The van der Waals surface area contributed by atoms with Crippen LogP contribution in [0.5, 0.6) is 28.7 Å². The fourth-order valence-electron chi connectivity index (χ4n) is 18.4. The van der Waals surface area contributed by atoms with Crippen LogP contribution in [0.2, 0.25) is 0 Å². The van der Waals surface area contributed by atoms with E-state index in [1.807, 2.05) is 272 Å². The molecule has 0 amide bonds. The minimum absolute atomic E-state index is 0.163. The van der Waals surface area contributed by atoms with Gasteiger partial charge in [0.1, 0.15) is 0 Å². The van der Waals surface area contributed by atoms with Crippen LogP contribution in [-0.4, -0.2) is 108 Å². The van der Waals surface area contributed by atoms with E-state index in [0.717, 1.165) is 92.1 Å². The molecule has 5 aliphatic heterocycles. The quantitative estimate of drug-likeness (QED) is 0.0334. The first kappa shape index (κ1) is 136. The van der Waals surface area contributed by atoms with Crippen LogP contribution in [0.3, 0.4) is 0 Å². The van der Waals surface area contributed by atoms with E-state index < -0.39 is 67.6 Å². The van der Waals surface area contributed by atoms with Gasteiger partial charge in [0, 0.05) is 30.2 Å². The molecule has 30 heteroatoms. The zero-order valence-electron chi connectivity index (χ0n) is 93.0. The number of hydrogen-bond acceptors (Lipinski definition) is 15. The van der Waals surface area contributed by atoms with E-state index in [-0.39, 0.29) is 30.5 Å². The largest absolute Gasteiger partial charge is 0.510 e. The van der Waals surface area contributed by atoms with Gasteiger partial charge in [-0.2, -0.15) is 29.4 Å². The van der Waals surface area contributed by atoms with Gasteiger partial charge in [0.15, 0.2) is 0 Å². The molecule has 10 nitrogen and oxygen atoms in total. The van der Waals surface area contributed by atoms with Gasteiger partial charge in [-0.3, -0.25) is 58.8 Å². The van der Waals surface area contributed by atoms with E-state index >= 15 is 0 Å². The number of allylic oxidation sites excluding steroid dienone is 15. The minimum Gasteiger partial charge on any atom is -0.510 e. The van der Waals surface area contributed by atoms with Crippen molar-refractivity contribution in [3.63, 3.8) is 0 Å². The van der Waals surface area contributed by atoms with Crippen LogP contribution < -0.4 is 23.7 Å². The SMILES string of the molecule is CC(C)Oc1ccccc1[CH]=[Ru]([Cl])[Cl].CC(C)Oc1ccccc1[CH]=[Ru]([Cl])[Cl].CC(C)Oc1ccccc1[CH]=[Ru]([Cl])[Cl].CC(C)Oc1ccccc1[CH]=[Ru]([Cl])[Cl].CC(C)Oc1ccccc1[CH]=[Ru]([Cl])[Cl].CC1=C(C)N([C@H]2C(C(C)C)=CCC[C@H]2C(C)C)[CH-]S1.CC1=C(C)N([C@H]2C=CCCC2)[CH-]S1.CC1=C(C)N([C@H]2C=CCC[C@H]2C)[CH-]S1.CC1=C[C@@H](C)C[C@@H](C)[C@H]1N1[CH-]SC(C)=C1C.CCC1=CCC[C@@H](CC)[C@H]1N1[CH-]SC(C)=C1C. The Hall–Kier alpha value is -1.38. The molecule has 0 saturated heterocycles. The van der Waals surface area contributed by atoms with Crippen molar-refractivity contribution < 1.29 is 91.3 Å². The first-order chi connectivity index (χ1) is 70.6. The van der Waals surface area contributed by atoms with Crippen LogP contribution in [-0.2, 0) is 67.6 Å². The maximum atomic E-state index is 5.82. The Morgan fingerprint density at radius 3 is 0.973 bits per heavy atom. The number of ether oxygens (including phenoxy) is 5. The average molecular weight is 2770 g/mol. The molecule has 0 aromatic heterocycles. The molecular formula is C119H168Cl10N5O5Ru5S5-5. The van der Waals surface area contributed by atoms with E-state index in [4.69, 9.17) is 121 Å². The molecule has 0 fully saturated rings. The minimum atomic E-state index is -1.77. The van der Waals surface area contributed by atoms with Gasteiger partial charge in [0.05, 0.1) is 0 Å². The Morgan fingerprint density at radius 2 is 0.685 bits per heavy atom. The van der Waals surface area contributed by atoms with Gasteiger partial charge in [-0.15, -0.1) is 0 Å². The Morgan fingerprint density at radius 1 is 0.362 bits per heavy atom. The first-order valence-electron chi connectivity index (χ1n) is 51.7. The third-order valence-corrected chi connectivity index (χ3v) is 40.3. The van der Waals surface area contributed by atoms with Crippen LogP contribution in [0.15, 0.2) is 234 Å². The molecular weight excluding hydrogens is 2600 g/mol. The third kappa shape index (κ3) is 47.7. The van der Waals surface area contributed by atoms with Gasteiger partial charge in [-0.05, 0) is 241 Å². The standard InChI is InChI=1S/C17H28NS.C15H24NS.C14H22NS.C12H18NS.C11H16NS.5C10H12O.10ClH.5Ru/c1-11(2)15-8-7-9-16(12(3)4)17(15)18-10-19-14(6)13(18)5;1-5-13-8-7-9-14(6-2)15(13)16-10-17-12(4)11(16)3;1-9-6-10(2)14(11(3)7-9)15-8-16-13(5)12(15)4;1-9-6-4-5-7-12(9)13-8-14-11(3)10(13)2;1-9-10(2)13-8-12(9)11-6-4-3-5-7-11;5*1-8(2)11-10-7-5-4-6-9(10)3;;;;;;;;;;;;;;;/h8,10-12,16-17H,7,9H2,1-6H3;8,10,14-15H,5-7,9H2,1-4H3;6,8-9,11,14H,7H2,1-5H3;5,7-9,12H,4,6H2,1-3H3;4,6,8,11H,3,5,7H2,1-2H3;5*3-8H,1-2H3;10*1H;;;;;/q5*-1;;;;;;;;;;;;;;;;5*+2/p-10/t16-,17-;14-,15+;9-,11-,14+;9-,12+;11-;;;;;;;;;;;;;;;;;;;;/m01110..................../s1. The van der Waals surface area contributed by atoms with Crippen LogP contribution in [0.4, 0.5) is 0 Å². The van der Waals surface area contributed by atoms with E-state index in [9.17, 15) is 0 Å². The van der Waals surface area contributed by atoms with Crippen LogP contribution in [0.25, 0.3) is 0 Å². The summed E-state index contributed by atoms with van der Waals surface area (Å²) in [6, 6.07) is 41.9. The van der Waals surface area contributed by atoms with Crippen molar-refractivity contribution in [3.05, 3.63) is 291 Å². The van der Waals surface area contributed by atoms with E-state index in [2.05, 4.69) is 235 Å². The summed E-state index contributed by atoms with van der Waals surface area (Å²) in [6.07, 6.45) is 33.1. The van der Waals surface area contributed by atoms with E-state index in [0.29, 0.717) is 36.1 Å². The van der Waals surface area contributed by atoms with E-state index in [1.54, 1.807) is 11.1 Å². The van der Waals surface area contributed by atoms with Gasteiger partial charge in [0.25, 0.3) is 0 Å². The molecule has 149 heavy (non-hydrogen) atoms. The summed E-state index contributed by atoms with van der Waals surface area (Å²) < 4.78 is 37.6. The van der Waals surface area contributed by atoms with Crippen molar-refractivity contribution in [2.45, 2.75) is 345 Å². The van der Waals surface area contributed by atoms with Crippen LogP contribution in [0, 0.1) is 70.8 Å². The number of halogens is 10. The monoisotopic (exact) mass is 2770 g/mol. The summed E-state index contributed by atoms with van der Waals surface area (Å²) in [6.45, 7) is 65.7. The van der Waals surface area contributed by atoms with Gasteiger partial charge >= 0.3 is 489 Å². The third-order valence-electron chi connectivity index (χ3n) is 26.2. The molecule has 5 heterocycles. The van der Waals surface area contributed by atoms with Crippen LogP contribution in [0.1, 0.15) is 313 Å². The predicted octanol–water partition coefficient (Wildman–Crippen LogP) is 39.8. The van der Waals surface area contributed by atoms with Crippen molar-refractivity contribution in [2.24, 2.45) is 41.4 Å². The molecule has 15 rings (SSSR count). The van der Waals surface area contributed by atoms with Crippen LogP contribution >= 0.6 is 156 Å². The van der Waals surface area contributed by atoms with Gasteiger partial charge in [-0.1, -0.05) is 128 Å². The molecule has 0 saturated carbocycles. The Kier molecular flexibility index (Phi) is 65.9. The molecule has 10 aliphatic rings. The second-order valence-corrected chi connectivity index (χ2v) is 73.9. The maximum absolute atomic E-state index is 5.82. The van der Waals surface area contributed by atoms with Gasteiger partial charge in [0.2, 0.25) is 0 Å². The summed E-state index contributed by atoms with van der Waals surface area (Å²) >= 11 is 0.497. The second kappa shape index (κ2) is 72.1. The Balaban J connectivity index is 0.000000253. The molecule has 10 atom stereocenters. The summed E-state index contributed by atoms with van der Waals surface area (Å²) in [5, 5.41) is 0. The topological polar surface area (TPSA) is 62.4 Å². The first-order valence-corrected chi connectivity index (χ1v) is 83.5. The van der Waals surface area contributed by atoms with Crippen molar-refractivity contribution in [1.29, 1.82) is 0 Å². The maximum Gasteiger partial charge on any atom is 0.0257 e. The molecule has 0 radical (unpaired) electrons. The molecule has 5 aliphatic carbocycles. The number of benzene rings is 5. The number of para-hydroxylation sites is 5. The van der Waals surface area contributed by atoms with Crippen molar-refractivity contribution in [3.8, 4) is 28.7 Å². The predicted molar refractivity (Wildman–Crippen MR) is 654 cm³/mol. The van der Waals surface area contributed by atoms with Gasteiger partial charge in [-0.25, -0.2) is 0 Å².